The fraction of sp³-hybridized carbons (Fsp3) is 0.316. The number of hydrogen-bond donors (Lipinski definition) is 0. The van der Waals surface area contributed by atoms with Gasteiger partial charge in [-0.05, 0) is 30.7 Å². The van der Waals surface area contributed by atoms with Gasteiger partial charge in [-0.3, -0.25) is 14.9 Å². The highest BCUT2D eigenvalue weighted by atomic mass is 16.6. The maximum absolute atomic E-state index is 12.6. The molecule has 2 aromatic heterocycles. The molecule has 2 heterocycles. The molecule has 0 unspecified atom stereocenters. The highest BCUT2D eigenvalue weighted by Gasteiger charge is 2.19. The van der Waals surface area contributed by atoms with E-state index in [1.165, 1.54) is 18.4 Å². The first-order chi connectivity index (χ1) is 13.6. The van der Waals surface area contributed by atoms with E-state index in [1.807, 2.05) is 0 Å². The minimum atomic E-state index is -0.466. The standard InChI is InChI=1S/C19H20N4O5/c1-2-3-11-22(19(24)16-5-4-13-27-16)12-10-17-20-18(21-28-17)14-6-8-15(9-7-14)23(25)26/h4-9,13H,2-3,10-12H2,1H3. The van der Waals surface area contributed by atoms with Crippen molar-refractivity contribution in [2.24, 2.45) is 0 Å². The Morgan fingerprint density at radius 1 is 1.21 bits per heavy atom. The van der Waals surface area contributed by atoms with E-state index in [9.17, 15) is 14.9 Å². The maximum atomic E-state index is 12.6. The van der Waals surface area contributed by atoms with Gasteiger partial charge in [0.2, 0.25) is 11.7 Å². The summed E-state index contributed by atoms with van der Waals surface area (Å²) in [5.41, 5.74) is 0.616. The van der Waals surface area contributed by atoms with Crippen molar-refractivity contribution in [3.63, 3.8) is 0 Å². The lowest BCUT2D eigenvalue weighted by molar-refractivity contribution is -0.384. The molecule has 0 aliphatic carbocycles. The van der Waals surface area contributed by atoms with Gasteiger partial charge in [0.25, 0.3) is 11.6 Å². The number of nitro groups is 1. The molecule has 1 aromatic carbocycles. The number of rotatable bonds is 9. The second-order valence-electron chi connectivity index (χ2n) is 6.19. The second kappa shape index (κ2) is 8.94. The first-order valence-electron chi connectivity index (χ1n) is 8.98. The normalized spacial score (nSPS) is 10.8. The number of nitro benzene ring substituents is 1. The Morgan fingerprint density at radius 3 is 2.64 bits per heavy atom. The van der Waals surface area contributed by atoms with Gasteiger partial charge in [0.1, 0.15) is 0 Å². The first kappa shape index (κ1) is 19.3. The van der Waals surface area contributed by atoms with Crippen LogP contribution in [0.25, 0.3) is 11.4 Å². The van der Waals surface area contributed by atoms with Gasteiger partial charge in [-0.25, -0.2) is 0 Å². The number of amides is 1. The van der Waals surface area contributed by atoms with Crippen LogP contribution in [0.3, 0.4) is 0 Å². The first-order valence-corrected chi connectivity index (χ1v) is 8.98. The Labute approximate surface area is 161 Å². The summed E-state index contributed by atoms with van der Waals surface area (Å²) in [5, 5.41) is 14.7. The molecule has 0 atom stereocenters. The van der Waals surface area contributed by atoms with Crippen molar-refractivity contribution in [1.29, 1.82) is 0 Å². The molecule has 9 nitrogen and oxygen atoms in total. The molecule has 28 heavy (non-hydrogen) atoms. The van der Waals surface area contributed by atoms with Crippen LogP contribution in [0, 0.1) is 10.1 Å². The van der Waals surface area contributed by atoms with Gasteiger partial charge in [0, 0.05) is 37.2 Å². The average Bonchev–Trinajstić information content (AvgIpc) is 3.40. The van der Waals surface area contributed by atoms with E-state index in [-0.39, 0.29) is 11.6 Å². The Kier molecular flexibility index (Phi) is 6.15. The van der Waals surface area contributed by atoms with Crippen LogP contribution < -0.4 is 0 Å². The molecule has 0 saturated heterocycles. The SMILES string of the molecule is CCCCN(CCc1nc(-c2ccc([N+](=O)[O-])cc2)no1)C(=O)c1ccco1. The van der Waals surface area contributed by atoms with Crippen LogP contribution in [-0.4, -0.2) is 39.0 Å². The van der Waals surface area contributed by atoms with E-state index in [1.54, 1.807) is 29.2 Å². The lowest BCUT2D eigenvalue weighted by Gasteiger charge is -2.20. The van der Waals surface area contributed by atoms with Gasteiger partial charge in [0.15, 0.2) is 5.76 Å². The van der Waals surface area contributed by atoms with Crippen LogP contribution in [0.4, 0.5) is 5.69 Å². The van der Waals surface area contributed by atoms with Crippen molar-refractivity contribution in [2.75, 3.05) is 13.1 Å². The summed E-state index contributed by atoms with van der Waals surface area (Å²) < 4.78 is 10.5. The lowest BCUT2D eigenvalue weighted by Crippen LogP contribution is -2.33. The van der Waals surface area contributed by atoms with Crippen LogP contribution in [-0.2, 0) is 6.42 Å². The van der Waals surface area contributed by atoms with Crippen LogP contribution >= 0.6 is 0 Å². The Bertz CT molecular complexity index is 918. The third-order valence-corrected chi connectivity index (χ3v) is 4.20. The van der Waals surface area contributed by atoms with Crippen LogP contribution in [0.5, 0.6) is 0 Å². The number of carbonyl (C=O) groups is 1. The van der Waals surface area contributed by atoms with Crippen LogP contribution in [0.2, 0.25) is 0 Å². The minimum Gasteiger partial charge on any atom is -0.459 e. The molecule has 0 saturated carbocycles. The van der Waals surface area contributed by atoms with Crippen molar-refractivity contribution >= 4 is 11.6 Å². The largest absolute Gasteiger partial charge is 0.459 e. The van der Waals surface area contributed by atoms with Gasteiger partial charge >= 0.3 is 0 Å². The summed E-state index contributed by atoms with van der Waals surface area (Å²) in [6, 6.07) is 9.24. The smallest absolute Gasteiger partial charge is 0.289 e. The van der Waals surface area contributed by atoms with E-state index in [0.717, 1.165) is 12.8 Å². The molecule has 3 rings (SSSR count). The quantitative estimate of drug-likeness (QED) is 0.408. The zero-order chi connectivity index (χ0) is 19.9. The summed E-state index contributed by atoms with van der Waals surface area (Å²) in [6.45, 7) is 3.09. The van der Waals surface area contributed by atoms with Crippen molar-refractivity contribution in [3.05, 3.63) is 64.4 Å². The Balaban J connectivity index is 1.65. The zero-order valence-corrected chi connectivity index (χ0v) is 15.4. The van der Waals surface area contributed by atoms with E-state index in [4.69, 9.17) is 8.94 Å². The van der Waals surface area contributed by atoms with Crippen molar-refractivity contribution in [3.8, 4) is 11.4 Å². The number of benzene rings is 1. The van der Waals surface area contributed by atoms with Crippen molar-refractivity contribution in [2.45, 2.75) is 26.2 Å². The number of non-ortho nitro benzene ring substituents is 1. The van der Waals surface area contributed by atoms with E-state index < -0.39 is 4.92 Å². The zero-order valence-electron chi connectivity index (χ0n) is 15.4. The molecule has 0 radical (unpaired) electrons. The minimum absolute atomic E-state index is 0.00419. The summed E-state index contributed by atoms with van der Waals surface area (Å²) in [5.74, 6) is 0.867. The number of nitrogens with zero attached hydrogens (tertiary/aromatic N) is 4. The summed E-state index contributed by atoms with van der Waals surface area (Å²) in [6.07, 6.45) is 3.72. The third kappa shape index (κ3) is 4.61. The third-order valence-electron chi connectivity index (χ3n) is 4.20. The van der Waals surface area contributed by atoms with E-state index in [0.29, 0.717) is 42.5 Å². The fourth-order valence-electron chi connectivity index (χ4n) is 2.66. The number of furan rings is 1. The Morgan fingerprint density at radius 2 is 2.00 bits per heavy atom. The maximum Gasteiger partial charge on any atom is 0.289 e. The van der Waals surface area contributed by atoms with Crippen LogP contribution in [0.1, 0.15) is 36.2 Å². The van der Waals surface area contributed by atoms with Gasteiger partial charge in [-0.1, -0.05) is 18.5 Å². The van der Waals surface area contributed by atoms with Crippen molar-refractivity contribution < 1.29 is 18.7 Å². The molecule has 0 aliphatic heterocycles. The highest BCUT2D eigenvalue weighted by Crippen LogP contribution is 2.20. The van der Waals surface area contributed by atoms with Gasteiger partial charge in [-0.2, -0.15) is 4.98 Å². The summed E-state index contributed by atoms with van der Waals surface area (Å²) in [7, 11) is 0. The van der Waals surface area contributed by atoms with E-state index >= 15 is 0 Å². The van der Waals surface area contributed by atoms with Gasteiger partial charge in [-0.15, -0.1) is 0 Å². The van der Waals surface area contributed by atoms with Gasteiger partial charge < -0.3 is 13.8 Å². The van der Waals surface area contributed by atoms with Crippen molar-refractivity contribution in [1.82, 2.24) is 15.0 Å². The Hall–Kier alpha value is -3.49. The second-order valence-corrected chi connectivity index (χ2v) is 6.19. The molecule has 0 fully saturated rings. The summed E-state index contributed by atoms with van der Waals surface area (Å²) in [4.78, 5) is 28.9. The molecule has 0 spiro atoms. The topological polar surface area (TPSA) is 116 Å². The monoisotopic (exact) mass is 384 g/mol. The predicted octanol–water partition coefficient (Wildman–Crippen LogP) is 3.72. The molecule has 9 heteroatoms. The predicted molar refractivity (Wildman–Crippen MR) is 99.6 cm³/mol. The molecule has 0 bridgehead atoms. The number of hydrogen-bond acceptors (Lipinski definition) is 7. The molecule has 1 amide bonds. The van der Waals surface area contributed by atoms with E-state index in [2.05, 4.69) is 17.1 Å². The highest BCUT2D eigenvalue weighted by molar-refractivity contribution is 5.91. The summed E-state index contributed by atoms with van der Waals surface area (Å²) >= 11 is 0. The molecule has 146 valence electrons. The number of aromatic nitrogens is 2. The number of carbonyl (C=O) groups excluding carboxylic acids is 1. The lowest BCUT2D eigenvalue weighted by atomic mass is 10.2. The molecule has 0 N–H and O–H groups in total. The molecular formula is C19H20N4O5. The van der Waals surface area contributed by atoms with Crippen LogP contribution in [0.15, 0.2) is 51.6 Å². The molecule has 0 aliphatic rings. The van der Waals surface area contributed by atoms with Gasteiger partial charge in [0.05, 0.1) is 11.2 Å². The molecular weight excluding hydrogens is 364 g/mol. The molecule has 3 aromatic rings. The number of unbranched alkanes of at least 4 members (excludes halogenated alkanes) is 1. The fourth-order valence-corrected chi connectivity index (χ4v) is 2.66. The average molecular weight is 384 g/mol.